The summed E-state index contributed by atoms with van der Waals surface area (Å²) in [5.74, 6) is 1.02. The van der Waals surface area contributed by atoms with Crippen molar-refractivity contribution in [3.05, 3.63) is 29.8 Å². The zero-order valence-electron chi connectivity index (χ0n) is 13.1. The maximum absolute atomic E-state index is 12.1. The SMILES string of the molecule is CCCCC1CCC(NC(=O)Cc2ccc(N)cc2)CC1. The minimum atomic E-state index is 0.136. The summed E-state index contributed by atoms with van der Waals surface area (Å²) in [5.41, 5.74) is 7.42. The van der Waals surface area contributed by atoms with Crippen LogP contribution in [0.25, 0.3) is 0 Å². The third-order valence-electron chi connectivity index (χ3n) is 4.52. The Morgan fingerprint density at radius 1 is 1.19 bits per heavy atom. The highest BCUT2D eigenvalue weighted by molar-refractivity contribution is 5.79. The zero-order chi connectivity index (χ0) is 15.1. The fraction of sp³-hybridized carbons (Fsp3) is 0.611. The monoisotopic (exact) mass is 288 g/mol. The predicted octanol–water partition coefficient (Wildman–Crippen LogP) is 3.68. The molecule has 1 amide bonds. The highest BCUT2D eigenvalue weighted by Crippen LogP contribution is 2.28. The van der Waals surface area contributed by atoms with E-state index in [-0.39, 0.29) is 5.91 Å². The van der Waals surface area contributed by atoms with Crippen LogP contribution in [0, 0.1) is 5.92 Å². The van der Waals surface area contributed by atoms with E-state index in [2.05, 4.69) is 12.2 Å². The Kier molecular flexibility index (Phi) is 6.09. The Balaban J connectivity index is 1.70. The number of hydrogen-bond donors (Lipinski definition) is 2. The summed E-state index contributed by atoms with van der Waals surface area (Å²) in [6, 6.07) is 7.93. The van der Waals surface area contributed by atoms with Gasteiger partial charge in [-0.25, -0.2) is 0 Å². The van der Waals surface area contributed by atoms with E-state index >= 15 is 0 Å². The van der Waals surface area contributed by atoms with Crippen molar-refractivity contribution >= 4 is 11.6 Å². The van der Waals surface area contributed by atoms with Gasteiger partial charge in [0.15, 0.2) is 0 Å². The van der Waals surface area contributed by atoms with Crippen LogP contribution >= 0.6 is 0 Å². The van der Waals surface area contributed by atoms with E-state index in [1.54, 1.807) is 0 Å². The molecule has 0 saturated heterocycles. The molecule has 3 N–H and O–H groups in total. The van der Waals surface area contributed by atoms with Gasteiger partial charge in [0.1, 0.15) is 0 Å². The van der Waals surface area contributed by atoms with Crippen molar-refractivity contribution in [2.75, 3.05) is 5.73 Å². The number of unbranched alkanes of at least 4 members (excludes halogenated alkanes) is 1. The summed E-state index contributed by atoms with van der Waals surface area (Å²) in [5, 5.41) is 3.19. The van der Waals surface area contributed by atoms with E-state index < -0.39 is 0 Å². The molecule has 21 heavy (non-hydrogen) atoms. The molecule has 0 aliphatic heterocycles. The molecule has 0 unspecified atom stereocenters. The van der Waals surface area contributed by atoms with Gasteiger partial charge in [0.05, 0.1) is 6.42 Å². The number of nitrogens with one attached hydrogen (secondary N) is 1. The lowest BCUT2D eigenvalue weighted by Gasteiger charge is -2.29. The maximum Gasteiger partial charge on any atom is 0.224 e. The number of carbonyl (C=O) groups excluding carboxylic acids is 1. The number of hydrogen-bond acceptors (Lipinski definition) is 2. The Labute approximate surface area is 128 Å². The van der Waals surface area contributed by atoms with Crippen molar-refractivity contribution in [1.82, 2.24) is 5.32 Å². The number of nitrogen functional groups attached to an aromatic ring is 1. The van der Waals surface area contributed by atoms with Crippen molar-refractivity contribution in [2.24, 2.45) is 5.92 Å². The first-order valence-corrected chi connectivity index (χ1v) is 8.31. The number of benzene rings is 1. The van der Waals surface area contributed by atoms with Crippen LogP contribution < -0.4 is 11.1 Å². The van der Waals surface area contributed by atoms with Gasteiger partial charge in [0, 0.05) is 11.7 Å². The summed E-state index contributed by atoms with van der Waals surface area (Å²) < 4.78 is 0. The molecule has 0 radical (unpaired) electrons. The molecule has 1 aliphatic carbocycles. The lowest BCUT2D eigenvalue weighted by Crippen LogP contribution is -2.38. The zero-order valence-corrected chi connectivity index (χ0v) is 13.1. The normalized spacial score (nSPS) is 22.0. The number of anilines is 1. The Morgan fingerprint density at radius 3 is 2.48 bits per heavy atom. The van der Waals surface area contributed by atoms with Crippen molar-refractivity contribution in [2.45, 2.75) is 64.3 Å². The molecule has 2 rings (SSSR count). The predicted molar refractivity (Wildman–Crippen MR) is 88.0 cm³/mol. The van der Waals surface area contributed by atoms with Gasteiger partial charge in [-0.3, -0.25) is 4.79 Å². The smallest absolute Gasteiger partial charge is 0.224 e. The van der Waals surface area contributed by atoms with Gasteiger partial charge in [-0.2, -0.15) is 0 Å². The highest BCUT2D eigenvalue weighted by Gasteiger charge is 2.21. The summed E-state index contributed by atoms with van der Waals surface area (Å²) in [4.78, 5) is 12.1. The molecule has 116 valence electrons. The van der Waals surface area contributed by atoms with Crippen LogP contribution in [0.1, 0.15) is 57.4 Å². The van der Waals surface area contributed by atoms with Crippen LogP contribution in [0.15, 0.2) is 24.3 Å². The molecular weight excluding hydrogens is 260 g/mol. The topological polar surface area (TPSA) is 55.1 Å². The summed E-state index contributed by atoms with van der Waals surface area (Å²) in [6.45, 7) is 2.25. The van der Waals surface area contributed by atoms with Crippen LogP contribution in [-0.4, -0.2) is 11.9 Å². The largest absolute Gasteiger partial charge is 0.399 e. The third kappa shape index (κ3) is 5.41. The second-order valence-electron chi connectivity index (χ2n) is 6.35. The minimum absolute atomic E-state index is 0.136. The van der Waals surface area contributed by atoms with Gasteiger partial charge in [-0.1, -0.05) is 38.3 Å². The maximum atomic E-state index is 12.1. The highest BCUT2D eigenvalue weighted by atomic mass is 16.1. The molecule has 0 heterocycles. The van der Waals surface area contributed by atoms with E-state index in [9.17, 15) is 4.79 Å². The molecule has 0 atom stereocenters. The molecule has 1 aromatic carbocycles. The van der Waals surface area contributed by atoms with E-state index in [0.717, 1.165) is 30.0 Å². The molecule has 3 nitrogen and oxygen atoms in total. The number of carbonyl (C=O) groups is 1. The molecule has 0 bridgehead atoms. The molecule has 1 aromatic rings. The van der Waals surface area contributed by atoms with Crippen LogP contribution in [0.3, 0.4) is 0 Å². The van der Waals surface area contributed by atoms with E-state index in [1.165, 1.54) is 32.1 Å². The average Bonchev–Trinajstić information content (AvgIpc) is 2.49. The molecule has 1 saturated carbocycles. The summed E-state index contributed by atoms with van der Waals surface area (Å²) >= 11 is 0. The first-order valence-electron chi connectivity index (χ1n) is 8.31. The second-order valence-corrected chi connectivity index (χ2v) is 6.35. The van der Waals surface area contributed by atoms with Gasteiger partial charge in [0.25, 0.3) is 0 Å². The van der Waals surface area contributed by atoms with E-state index in [1.807, 2.05) is 24.3 Å². The second kappa shape index (κ2) is 8.06. The van der Waals surface area contributed by atoms with Crippen LogP contribution in [-0.2, 0) is 11.2 Å². The number of nitrogens with two attached hydrogens (primary N) is 1. The van der Waals surface area contributed by atoms with Gasteiger partial charge < -0.3 is 11.1 Å². The van der Waals surface area contributed by atoms with Crippen LogP contribution in [0.4, 0.5) is 5.69 Å². The molecular formula is C18H28N2O. The Morgan fingerprint density at radius 2 is 1.86 bits per heavy atom. The van der Waals surface area contributed by atoms with Gasteiger partial charge >= 0.3 is 0 Å². The lowest BCUT2D eigenvalue weighted by molar-refractivity contribution is -0.121. The van der Waals surface area contributed by atoms with Gasteiger partial charge in [-0.05, 0) is 49.3 Å². The molecule has 3 heteroatoms. The van der Waals surface area contributed by atoms with Crippen molar-refractivity contribution in [3.63, 3.8) is 0 Å². The van der Waals surface area contributed by atoms with Gasteiger partial charge in [-0.15, -0.1) is 0 Å². The molecule has 0 aromatic heterocycles. The van der Waals surface area contributed by atoms with Crippen molar-refractivity contribution in [3.8, 4) is 0 Å². The molecule has 1 aliphatic rings. The van der Waals surface area contributed by atoms with Crippen molar-refractivity contribution in [1.29, 1.82) is 0 Å². The van der Waals surface area contributed by atoms with E-state index in [0.29, 0.717) is 12.5 Å². The van der Waals surface area contributed by atoms with E-state index in [4.69, 9.17) is 5.73 Å². The third-order valence-corrected chi connectivity index (χ3v) is 4.52. The lowest BCUT2D eigenvalue weighted by atomic mass is 9.83. The summed E-state index contributed by atoms with van der Waals surface area (Å²) in [7, 11) is 0. The standard InChI is InChI=1S/C18H28N2O/c1-2-3-4-14-7-11-17(12-8-14)20-18(21)13-15-5-9-16(19)10-6-15/h5-6,9-10,14,17H,2-4,7-8,11-13,19H2,1H3,(H,20,21). The fourth-order valence-electron chi connectivity index (χ4n) is 3.19. The molecule has 0 spiro atoms. The quantitative estimate of drug-likeness (QED) is 0.785. The number of rotatable bonds is 6. The van der Waals surface area contributed by atoms with Crippen LogP contribution in [0.2, 0.25) is 0 Å². The van der Waals surface area contributed by atoms with Crippen molar-refractivity contribution < 1.29 is 4.79 Å². The Bertz CT molecular complexity index is 433. The molecule has 1 fully saturated rings. The average molecular weight is 288 g/mol. The van der Waals surface area contributed by atoms with Crippen LogP contribution in [0.5, 0.6) is 0 Å². The summed E-state index contributed by atoms with van der Waals surface area (Å²) in [6.07, 6.45) is 9.28. The minimum Gasteiger partial charge on any atom is -0.399 e. The first kappa shape index (κ1) is 15.9. The van der Waals surface area contributed by atoms with Gasteiger partial charge in [0.2, 0.25) is 5.91 Å². The number of amides is 1. The first-order chi connectivity index (χ1) is 10.2. The fourth-order valence-corrected chi connectivity index (χ4v) is 3.19. The Hall–Kier alpha value is -1.51.